The molecule has 0 spiro atoms. The van der Waals surface area contributed by atoms with E-state index in [-0.39, 0.29) is 19.0 Å². The second-order valence-corrected chi connectivity index (χ2v) is 13.2. The summed E-state index contributed by atoms with van der Waals surface area (Å²) < 4.78 is 23.9. The van der Waals surface area contributed by atoms with E-state index in [1.165, 1.54) is 94.5 Å². The maximum Gasteiger partial charge on any atom is 0.350 e. The van der Waals surface area contributed by atoms with Crippen LogP contribution in [0.5, 0.6) is 0 Å². The van der Waals surface area contributed by atoms with E-state index in [2.05, 4.69) is 11.9 Å². The van der Waals surface area contributed by atoms with E-state index in [1.54, 1.807) is 0 Å². The van der Waals surface area contributed by atoms with Gasteiger partial charge in [0.25, 0.3) is 0 Å². The summed E-state index contributed by atoms with van der Waals surface area (Å²) >= 11 is 0. The molecule has 0 saturated carbocycles. The molecular weight excluding hydrogens is 565 g/mol. The van der Waals surface area contributed by atoms with E-state index >= 15 is 0 Å². The molecule has 0 aliphatic carbocycles. The average molecular weight is 622 g/mol. The minimum Gasteiger partial charge on any atom is -0.383 e. The molecule has 1 atom stereocenters. The van der Waals surface area contributed by atoms with Gasteiger partial charge in [-0.05, 0) is 18.9 Å². The van der Waals surface area contributed by atoms with Crippen molar-refractivity contribution in [2.24, 2.45) is 0 Å². The standard InChI is InChI=1S/C33H56N3O6P/c1-3-4-5-6-7-8-9-10-11-12-13-14-15-16-17-21-25-42-28(2)30-31(29-22-19-18-20-23-29)36(33(37)35-32(30)34)24-26-41-27-43(38,39)40/h18-20,22-23,28H,3-17,21,24-27H2,1-2H3,(H2,34,35,37)(H2,38,39,40). The lowest BCUT2D eigenvalue weighted by Gasteiger charge is -2.22. The summed E-state index contributed by atoms with van der Waals surface area (Å²) in [4.78, 5) is 35.0. The van der Waals surface area contributed by atoms with Crippen LogP contribution in [0.25, 0.3) is 11.3 Å². The van der Waals surface area contributed by atoms with Crippen LogP contribution < -0.4 is 11.4 Å². The van der Waals surface area contributed by atoms with Crippen LogP contribution in [0.2, 0.25) is 0 Å². The largest absolute Gasteiger partial charge is 0.383 e. The fourth-order valence-electron chi connectivity index (χ4n) is 5.43. The van der Waals surface area contributed by atoms with Gasteiger partial charge in [0.15, 0.2) is 0 Å². The van der Waals surface area contributed by atoms with E-state index in [0.717, 1.165) is 18.4 Å². The number of ether oxygens (including phenoxy) is 2. The first kappa shape index (κ1) is 37.2. The van der Waals surface area contributed by atoms with Gasteiger partial charge in [0.2, 0.25) is 0 Å². The minimum atomic E-state index is -4.30. The van der Waals surface area contributed by atoms with Crippen LogP contribution in [0.4, 0.5) is 5.82 Å². The zero-order valence-electron chi connectivity index (χ0n) is 26.6. The molecule has 0 bridgehead atoms. The zero-order valence-corrected chi connectivity index (χ0v) is 27.4. The smallest absolute Gasteiger partial charge is 0.350 e. The van der Waals surface area contributed by atoms with Crippen LogP contribution in [-0.2, 0) is 20.6 Å². The molecule has 0 radical (unpaired) electrons. The van der Waals surface area contributed by atoms with Crippen molar-refractivity contribution >= 4 is 13.4 Å². The predicted molar refractivity (Wildman–Crippen MR) is 175 cm³/mol. The van der Waals surface area contributed by atoms with Gasteiger partial charge in [-0.3, -0.25) is 9.13 Å². The number of hydrogen-bond acceptors (Lipinski definition) is 6. The van der Waals surface area contributed by atoms with Crippen molar-refractivity contribution < 1.29 is 23.8 Å². The Bertz CT molecular complexity index is 1120. The highest BCUT2D eigenvalue weighted by molar-refractivity contribution is 7.51. The first-order chi connectivity index (χ1) is 20.7. The Hall–Kier alpha value is -2.03. The summed E-state index contributed by atoms with van der Waals surface area (Å²) in [6.45, 7) is 4.76. The molecule has 9 nitrogen and oxygen atoms in total. The quantitative estimate of drug-likeness (QED) is 0.0750. The lowest BCUT2D eigenvalue weighted by molar-refractivity contribution is 0.0628. The van der Waals surface area contributed by atoms with E-state index < -0.39 is 25.7 Å². The SMILES string of the molecule is CCCCCCCCCCCCCCCCCCOC(C)c1c(N)nc(=O)n(CCOCP(=O)(O)O)c1-c1ccccc1. The lowest BCUT2D eigenvalue weighted by atomic mass is 10.0. The average Bonchev–Trinajstić information content (AvgIpc) is 2.97. The van der Waals surface area contributed by atoms with Crippen LogP contribution in [0.3, 0.4) is 0 Å². The molecule has 0 amide bonds. The fraction of sp³-hybridized carbons (Fsp3) is 0.697. The summed E-state index contributed by atoms with van der Waals surface area (Å²) in [6, 6.07) is 9.39. The third-order valence-corrected chi connectivity index (χ3v) is 8.31. The van der Waals surface area contributed by atoms with E-state index in [0.29, 0.717) is 17.9 Å². The predicted octanol–water partition coefficient (Wildman–Crippen LogP) is 7.98. The normalized spacial score (nSPS) is 12.6. The zero-order chi connectivity index (χ0) is 31.3. The van der Waals surface area contributed by atoms with Crippen molar-refractivity contribution in [2.45, 2.75) is 129 Å². The number of unbranched alkanes of at least 4 members (excludes halogenated alkanes) is 15. The molecule has 1 heterocycles. The monoisotopic (exact) mass is 621 g/mol. The molecule has 2 aromatic rings. The Morgan fingerprint density at radius 3 is 1.86 bits per heavy atom. The molecule has 2 rings (SSSR count). The summed E-state index contributed by atoms with van der Waals surface area (Å²) in [6.07, 6.45) is 19.9. The van der Waals surface area contributed by atoms with Gasteiger partial charge in [0, 0.05) is 12.2 Å². The summed E-state index contributed by atoms with van der Waals surface area (Å²) in [7, 11) is -4.30. The van der Waals surface area contributed by atoms with Crippen molar-refractivity contribution in [1.82, 2.24) is 9.55 Å². The first-order valence-corrected chi connectivity index (χ1v) is 18.2. The van der Waals surface area contributed by atoms with Crippen LogP contribution in [0.15, 0.2) is 35.1 Å². The Morgan fingerprint density at radius 1 is 0.837 bits per heavy atom. The Kier molecular flexibility index (Phi) is 18.7. The van der Waals surface area contributed by atoms with Crippen LogP contribution in [0.1, 0.15) is 128 Å². The van der Waals surface area contributed by atoms with Gasteiger partial charge in [-0.25, -0.2) is 4.79 Å². The molecule has 10 heteroatoms. The number of aromatic nitrogens is 2. The second kappa shape index (κ2) is 21.6. The highest BCUT2D eigenvalue weighted by atomic mass is 31.2. The number of nitrogens with two attached hydrogens (primary N) is 1. The van der Waals surface area contributed by atoms with Gasteiger partial charge >= 0.3 is 13.3 Å². The Balaban J connectivity index is 1.76. The lowest BCUT2D eigenvalue weighted by Crippen LogP contribution is -2.30. The molecule has 0 aliphatic rings. The van der Waals surface area contributed by atoms with Crippen LogP contribution in [0, 0.1) is 0 Å². The highest BCUT2D eigenvalue weighted by Crippen LogP contribution is 2.34. The fourth-order valence-corrected chi connectivity index (χ4v) is 5.80. The van der Waals surface area contributed by atoms with Gasteiger partial charge in [0.1, 0.15) is 12.2 Å². The van der Waals surface area contributed by atoms with Crippen LogP contribution >= 0.6 is 7.60 Å². The number of nitrogens with zero attached hydrogens (tertiary/aromatic N) is 2. The third-order valence-electron chi connectivity index (χ3n) is 7.79. The first-order valence-electron chi connectivity index (χ1n) is 16.4. The van der Waals surface area contributed by atoms with Crippen molar-refractivity contribution in [3.05, 3.63) is 46.4 Å². The molecule has 244 valence electrons. The molecular formula is C33H56N3O6P. The third kappa shape index (κ3) is 15.5. The van der Waals surface area contributed by atoms with Crippen LogP contribution in [-0.4, -0.2) is 38.9 Å². The van der Waals surface area contributed by atoms with E-state index in [9.17, 15) is 9.36 Å². The highest BCUT2D eigenvalue weighted by Gasteiger charge is 2.23. The number of benzene rings is 1. The number of anilines is 1. The van der Waals surface area contributed by atoms with Gasteiger partial charge in [-0.15, -0.1) is 0 Å². The van der Waals surface area contributed by atoms with E-state index in [4.69, 9.17) is 25.0 Å². The number of nitrogen functional groups attached to an aromatic ring is 1. The van der Waals surface area contributed by atoms with Crippen molar-refractivity contribution in [2.75, 3.05) is 25.3 Å². The molecule has 0 aliphatic heterocycles. The maximum atomic E-state index is 12.8. The van der Waals surface area contributed by atoms with Crippen molar-refractivity contribution in [3.8, 4) is 11.3 Å². The Morgan fingerprint density at radius 2 is 1.35 bits per heavy atom. The molecule has 0 fully saturated rings. The number of rotatable bonds is 25. The molecule has 4 N–H and O–H groups in total. The van der Waals surface area contributed by atoms with Gasteiger partial charge < -0.3 is 25.0 Å². The van der Waals surface area contributed by atoms with Gasteiger partial charge in [-0.1, -0.05) is 134 Å². The summed E-state index contributed by atoms with van der Waals surface area (Å²) in [5.41, 5.74) is 7.70. The molecule has 0 saturated heterocycles. The molecule has 43 heavy (non-hydrogen) atoms. The van der Waals surface area contributed by atoms with Crippen molar-refractivity contribution in [3.63, 3.8) is 0 Å². The van der Waals surface area contributed by atoms with E-state index in [1.807, 2.05) is 37.3 Å². The second-order valence-electron chi connectivity index (χ2n) is 11.6. The van der Waals surface area contributed by atoms with Gasteiger partial charge in [0.05, 0.1) is 24.9 Å². The minimum absolute atomic E-state index is 0.0647. The van der Waals surface area contributed by atoms with Gasteiger partial charge in [-0.2, -0.15) is 4.98 Å². The number of hydrogen-bond donors (Lipinski definition) is 3. The molecule has 1 unspecified atom stereocenters. The summed E-state index contributed by atoms with van der Waals surface area (Å²) in [5.74, 6) is 0.121. The summed E-state index contributed by atoms with van der Waals surface area (Å²) in [5, 5.41) is 0. The molecule has 1 aromatic heterocycles. The topological polar surface area (TPSA) is 137 Å². The maximum absolute atomic E-state index is 12.8. The van der Waals surface area contributed by atoms with Crippen molar-refractivity contribution in [1.29, 1.82) is 0 Å². The molecule has 1 aromatic carbocycles. The Labute approximate surface area is 258 Å².